The molecule has 1 aromatic carbocycles. The van der Waals surface area contributed by atoms with Crippen LogP contribution in [0.5, 0.6) is 5.75 Å². The van der Waals surface area contributed by atoms with E-state index in [0.717, 1.165) is 48.1 Å². The van der Waals surface area contributed by atoms with Crippen molar-refractivity contribution in [2.24, 2.45) is 0 Å². The summed E-state index contributed by atoms with van der Waals surface area (Å²) in [5, 5.41) is 14.3. The molecule has 0 amide bonds. The van der Waals surface area contributed by atoms with Crippen LogP contribution in [0, 0.1) is 13.8 Å². The Balaban J connectivity index is 2.29. The fourth-order valence-corrected chi connectivity index (χ4v) is 3.16. The van der Waals surface area contributed by atoms with Gasteiger partial charge in [-0.2, -0.15) is 0 Å². The molecule has 0 spiro atoms. The third kappa shape index (κ3) is 2.77. The van der Waals surface area contributed by atoms with E-state index in [2.05, 4.69) is 18.3 Å². The molecular weight excluding hydrogens is 238 g/mol. The van der Waals surface area contributed by atoms with Gasteiger partial charge in [-0.3, -0.25) is 0 Å². The number of hydrogen-bond acceptors (Lipinski definition) is 3. The van der Waals surface area contributed by atoms with Gasteiger partial charge >= 0.3 is 0 Å². The van der Waals surface area contributed by atoms with Crippen molar-refractivity contribution in [1.82, 2.24) is 5.32 Å². The second-order valence-corrected chi connectivity index (χ2v) is 5.73. The Bertz CT molecular complexity index is 448. The van der Waals surface area contributed by atoms with E-state index in [9.17, 15) is 5.11 Å². The number of aryl methyl sites for hydroxylation is 2. The number of benzene rings is 1. The molecule has 3 heteroatoms. The van der Waals surface area contributed by atoms with Gasteiger partial charge in [-0.05, 0) is 75.4 Å². The Morgan fingerprint density at radius 3 is 2.37 bits per heavy atom. The zero-order valence-electron chi connectivity index (χ0n) is 12.4. The number of aliphatic hydroxyl groups is 1. The van der Waals surface area contributed by atoms with E-state index in [1.807, 2.05) is 20.0 Å². The van der Waals surface area contributed by atoms with E-state index in [1.54, 1.807) is 7.11 Å². The molecule has 1 aromatic rings. The molecule has 0 heterocycles. The van der Waals surface area contributed by atoms with Crippen molar-refractivity contribution in [2.45, 2.75) is 51.2 Å². The minimum Gasteiger partial charge on any atom is -0.496 e. The lowest BCUT2D eigenvalue weighted by Gasteiger charge is -2.37. The van der Waals surface area contributed by atoms with Gasteiger partial charge in [-0.25, -0.2) is 0 Å². The number of rotatable bonds is 3. The van der Waals surface area contributed by atoms with Crippen molar-refractivity contribution in [3.8, 4) is 5.75 Å². The highest BCUT2D eigenvalue weighted by atomic mass is 16.5. The lowest BCUT2D eigenvalue weighted by Crippen LogP contribution is -2.38. The molecule has 0 unspecified atom stereocenters. The van der Waals surface area contributed by atoms with Gasteiger partial charge in [0.2, 0.25) is 0 Å². The van der Waals surface area contributed by atoms with Gasteiger partial charge in [0, 0.05) is 6.04 Å². The Morgan fingerprint density at radius 1 is 1.21 bits per heavy atom. The van der Waals surface area contributed by atoms with E-state index in [4.69, 9.17) is 4.74 Å². The van der Waals surface area contributed by atoms with Crippen LogP contribution < -0.4 is 10.1 Å². The van der Waals surface area contributed by atoms with Crippen molar-refractivity contribution >= 4 is 0 Å². The smallest absolute Gasteiger partial charge is 0.122 e. The average molecular weight is 263 g/mol. The topological polar surface area (TPSA) is 41.5 Å². The van der Waals surface area contributed by atoms with Crippen molar-refractivity contribution in [2.75, 3.05) is 14.2 Å². The number of nitrogens with one attached hydrogen (secondary N) is 1. The molecule has 1 aliphatic rings. The quantitative estimate of drug-likeness (QED) is 0.881. The molecule has 0 aromatic heterocycles. The van der Waals surface area contributed by atoms with E-state index in [1.165, 1.54) is 0 Å². The van der Waals surface area contributed by atoms with E-state index in [-0.39, 0.29) is 0 Å². The monoisotopic (exact) mass is 263 g/mol. The van der Waals surface area contributed by atoms with Crippen LogP contribution in [0.15, 0.2) is 12.1 Å². The minimum absolute atomic E-state index is 0.542. The SMILES string of the molecule is CNC1CCC(O)(c2cc(C)c(OC)cc2C)CC1. The highest BCUT2D eigenvalue weighted by Crippen LogP contribution is 2.40. The summed E-state index contributed by atoms with van der Waals surface area (Å²) in [6, 6.07) is 4.67. The van der Waals surface area contributed by atoms with Gasteiger partial charge in [0.15, 0.2) is 0 Å². The van der Waals surface area contributed by atoms with Gasteiger partial charge in [0.1, 0.15) is 5.75 Å². The Labute approximate surface area is 116 Å². The summed E-state index contributed by atoms with van der Waals surface area (Å²) in [6.45, 7) is 4.09. The van der Waals surface area contributed by atoms with Crippen LogP contribution in [0.25, 0.3) is 0 Å². The molecule has 19 heavy (non-hydrogen) atoms. The average Bonchev–Trinajstić information content (AvgIpc) is 2.41. The van der Waals surface area contributed by atoms with Crippen LogP contribution in [0.3, 0.4) is 0 Å². The maximum Gasteiger partial charge on any atom is 0.122 e. The molecule has 1 fully saturated rings. The lowest BCUT2D eigenvalue weighted by molar-refractivity contribution is -0.00823. The summed E-state index contributed by atoms with van der Waals surface area (Å²) in [5.41, 5.74) is 2.61. The fourth-order valence-electron chi connectivity index (χ4n) is 3.16. The maximum absolute atomic E-state index is 11.0. The fraction of sp³-hybridized carbons (Fsp3) is 0.625. The van der Waals surface area contributed by atoms with Crippen LogP contribution in [-0.4, -0.2) is 25.3 Å². The highest BCUT2D eigenvalue weighted by Gasteiger charge is 2.35. The van der Waals surface area contributed by atoms with E-state index >= 15 is 0 Å². The van der Waals surface area contributed by atoms with Crippen molar-refractivity contribution in [3.05, 3.63) is 28.8 Å². The zero-order valence-corrected chi connectivity index (χ0v) is 12.4. The Kier molecular flexibility index (Phi) is 4.16. The Hall–Kier alpha value is -1.06. The minimum atomic E-state index is -0.672. The molecule has 106 valence electrons. The van der Waals surface area contributed by atoms with Gasteiger partial charge in [-0.15, -0.1) is 0 Å². The normalized spacial score (nSPS) is 27.3. The summed E-state index contributed by atoms with van der Waals surface area (Å²) >= 11 is 0. The molecule has 2 rings (SSSR count). The molecule has 0 aliphatic heterocycles. The van der Waals surface area contributed by atoms with Crippen LogP contribution in [0.1, 0.15) is 42.4 Å². The first kappa shape index (κ1) is 14.4. The van der Waals surface area contributed by atoms with E-state index < -0.39 is 5.60 Å². The molecule has 3 nitrogen and oxygen atoms in total. The van der Waals surface area contributed by atoms with Crippen LogP contribution in [0.4, 0.5) is 0 Å². The standard InChI is InChI=1S/C16H25NO2/c1-11-10-15(19-4)12(2)9-14(11)16(18)7-5-13(17-3)6-8-16/h9-10,13,17-18H,5-8H2,1-4H3. The first-order chi connectivity index (χ1) is 9.00. The van der Waals surface area contributed by atoms with Gasteiger partial charge in [0.05, 0.1) is 12.7 Å². The maximum atomic E-state index is 11.0. The summed E-state index contributed by atoms with van der Waals surface area (Å²) in [7, 11) is 3.69. The molecule has 0 radical (unpaired) electrons. The lowest BCUT2D eigenvalue weighted by atomic mass is 9.76. The zero-order chi connectivity index (χ0) is 14.0. The van der Waals surface area contributed by atoms with E-state index in [0.29, 0.717) is 6.04 Å². The van der Waals surface area contributed by atoms with Gasteiger partial charge in [-0.1, -0.05) is 0 Å². The molecular formula is C16H25NO2. The Morgan fingerprint density at radius 2 is 1.84 bits per heavy atom. The first-order valence-electron chi connectivity index (χ1n) is 7.05. The summed E-state index contributed by atoms with van der Waals surface area (Å²) < 4.78 is 5.34. The molecule has 2 N–H and O–H groups in total. The highest BCUT2D eigenvalue weighted by molar-refractivity contribution is 5.44. The summed E-state index contributed by atoms with van der Waals surface area (Å²) in [6.07, 6.45) is 3.70. The summed E-state index contributed by atoms with van der Waals surface area (Å²) in [5.74, 6) is 0.897. The second kappa shape index (κ2) is 5.51. The predicted octanol–water partition coefficient (Wildman–Crippen LogP) is 2.66. The second-order valence-electron chi connectivity index (χ2n) is 5.73. The van der Waals surface area contributed by atoms with Gasteiger partial charge < -0.3 is 15.2 Å². The van der Waals surface area contributed by atoms with Crippen molar-refractivity contribution in [3.63, 3.8) is 0 Å². The van der Waals surface area contributed by atoms with Crippen molar-refractivity contribution < 1.29 is 9.84 Å². The summed E-state index contributed by atoms with van der Waals surface area (Å²) in [4.78, 5) is 0. The molecule has 1 aliphatic carbocycles. The molecule has 0 saturated heterocycles. The van der Waals surface area contributed by atoms with Crippen LogP contribution in [0.2, 0.25) is 0 Å². The predicted molar refractivity (Wildman–Crippen MR) is 77.7 cm³/mol. The molecule has 0 bridgehead atoms. The number of ether oxygens (including phenoxy) is 1. The van der Waals surface area contributed by atoms with Gasteiger partial charge in [0.25, 0.3) is 0 Å². The largest absolute Gasteiger partial charge is 0.496 e. The van der Waals surface area contributed by atoms with Crippen molar-refractivity contribution in [1.29, 1.82) is 0 Å². The van der Waals surface area contributed by atoms with Crippen LogP contribution in [-0.2, 0) is 5.60 Å². The number of methoxy groups -OCH3 is 1. The molecule has 0 atom stereocenters. The van der Waals surface area contributed by atoms with Crippen LogP contribution >= 0.6 is 0 Å². The third-order valence-electron chi connectivity index (χ3n) is 4.46. The first-order valence-corrected chi connectivity index (χ1v) is 7.05. The third-order valence-corrected chi connectivity index (χ3v) is 4.46. The molecule has 1 saturated carbocycles. The number of hydrogen-bond donors (Lipinski definition) is 2.